The van der Waals surface area contributed by atoms with Crippen LogP contribution in [0.15, 0.2) is 76.2 Å². The summed E-state index contributed by atoms with van der Waals surface area (Å²) in [6.45, 7) is 4.71. The van der Waals surface area contributed by atoms with E-state index in [0.29, 0.717) is 61.9 Å². The molecule has 1 saturated heterocycles. The highest BCUT2D eigenvalue weighted by Crippen LogP contribution is 2.23. The highest BCUT2D eigenvalue weighted by atomic mass is 16.5. The minimum Gasteiger partial charge on any atom is -0.462 e. The summed E-state index contributed by atoms with van der Waals surface area (Å²) in [4.78, 5) is 27.5. The maximum absolute atomic E-state index is 11.9. The quantitative estimate of drug-likeness (QED) is 0.190. The summed E-state index contributed by atoms with van der Waals surface area (Å²) in [5.74, 6) is 2.05. The third kappa shape index (κ3) is 6.31. The fraction of sp³-hybridized carbons (Fsp3) is 0.222. The van der Waals surface area contributed by atoms with Gasteiger partial charge in [-0.05, 0) is 43.3 Å². The zero-order chi connectivity index (χ0) is 26.2. The standard InChI is InChI=1S/C27H27N7O4/c1-2-37-24(35)20-10-8-19(9-11-20)23-13-12-22(38-23)18-28-33-26-30-25(29-21-6-4-3-5-7-21)31-27(32-26)34-14-16-36-17-15-34/h3-13,18H,2,14-17H2,1H3,(H2,29,30,31,32,33)/b28-18-. The number of hydrazone groups is 1. The summed E-state index contributed by atoms with van der Waals surface area (Å²) >= 11 is 0. The summed E-state index contributed by atoms with van der Waals surface area (Å²) in [5.41, 5.74) is 5.06. The summed E-state index contributed by atoms with van der Waals surface area (Å²) in [7, 11) is 0. The molecule has 0 radical (unpaired) electrons. The lowest BCUT2D eigenvalue weighted by atomic mass is 10.1. The second kappa shape index (κ2) is 12.0. The Morgan fingerprint density at radius 3 is 2.53 bits per heavy atom. The van der Waals surface area contributed by atoms with Gasteiger partial charge >= 0.3 is 5.97 Å². The second-order valence-corrected chi connectivity index (χ2v) is 8.24. The lowest BCUT2D eigenvalue weighted by Crippen LogP contribution is -2.37. The maximum Gasteiger partial charge on any atom is 0.338 e. The van der Waals surface area contributed by atoms with Crippen molar-refractivity contribution in [2.45, 2.75) is 6.92 Å². The molecule has 5 rings (SSSR count). The lowest BCUT2D eigenvalue weighted by Gasteiger charge is -2.27. The first kappa shape index (κ1) is 24.9. The predicted molar refractivity (Wildman–Crippen MR) is 144 cm³/mol. The molecule has 3 heterocycles. The maximum atomic E-state index is 11.9. The van der Waals surface area contributed by atoms with Crippen LogP contribution < -0.4 is 15.6 Å². The van der Waals surface area contributed by atoms with Gasteiger partial charge in [-0.2, -0.15) is 20.1 Å². The van der Waals surface area contributed by atoms with Gasteiger partial charge in [-0.25, -0.2) is 10.2 Å². The zero-order valence-electron chi connectivity index (χ0n) is 20.8. The molecule has 2 N–H and O–H groups in total. The van der Waals surface area contributed by atoms with Crippen LogP contribution in [0.5, 0.6) is 0 Å². The smallest absolute Gasteiger partial charge is 0.338 e. The number of nitrogens with one attached hydrogen (secondary N) is 2. The van der Waals surface area contributed by atoms with E-state index >= 15 is 0 Å². The second-order valence-electron chi connectivity index (χ2n) is 8.24. The van der Waals surface area contributed by atoms with Crippen molar-refractivity contribution >= 4 is 35.7 Å². The van der Waals surface area contributed by atoms with Crippen LogP contribution in [-0.2, 0) is 9.47 Å². The van der Waals surface area contributed by atoms with Gasteiger partial charge in [0.1, 0.15) is 11.5 Å². The molecule has 0 amide bonds. The van der Waals surface area contributed by atoms with Gasteiger partial charge in [0.2, 0.25) is 17.8 Å². The monoisotopic (exact) mass is 513 g/mol. The van der Waals surface area contributed by atoms with Crippen LogP contribution >= 0.6 is 0 Å². The van der Waals surface area contributed by atoms with Crippen LogP contribution in [0.4, 0.5) is 23.5 Å². The molecule has 38 heavy (non-hydrogen) atoms. The topological polar surface area (TPSA) is 127 Å². The molecule has 1 aliphatic rings. The number of rotatable bonds is 9. The van der Waals surface area contributed by atoms with Gasteiger partial charge in [0.15, 0.2) is 0 Å². The van der Waals surface area contributed by atoms with Crippen molar-refractivity contribution in [1.29, 1.82) is 0 Å². The predicted octanol–water partition coefficient (Wildman–Crippen LogP) is 4.33. The fourth-order valence-corrected chi connectivity index (χ4v) is 3.74. The average molecular weight is 514 g/mol. The lowest BCUT2D eigenvalue weighted by molar-refractivity contribution is 0.0526. The molecule has 2 aromatic heterocycles. The van der Waals surface area contributed by atoms with Crippen molar-refractivity contribution in [3.8, 4) is 11.3 Å². The van der Waals surface area contributed by atoms with E-state index < -0.39 is 0 Å². The van der Waals surface area contributed by atoms with Gasteiger partial charge in [-0.15, -0.1) is 0 Å². The molecule has 0 saturated carbocycles. The molecule has 11 nitrogen and oxygen atoms in total. The van der Waals surface area contributed by atoms with Crippen LogP contribution in [0, 0.1) is 0 Å². The fourth-order valence-electron chi connectivity index (χ4n) is 3.74. The van der Waals surface area contributed by atoms with Crippen molar-refractivity contribution in [2.75, 3.05) is 48.6 Å². The van der Waals surface area contributed by atoms with Crippen LogP contribution in [0.1, 0.15) is 23.0 Å². The van der Waals surface area contributed by atoms with E-state index in [0.717, 1.165) is 11.3 Å². The minimum atomic E-state index is -0.352. The Kier molecular flexibility index (Phi) is 7.85. The van der Waals surface area contributed by atoms with Crippen molar-refractivity contribution in [2.24, 2.45) is 5.10 Å². The number of aromatic nitrogens is 3. The van der Waals surface area contributed by atoms with E-state index in [1.807, 2.05) is 53.4 Å². The van der Waals surface area contributed by atoms with Crippen LogP contribution in [0.2, 0.25) is 0 Å². The van der Waals surface area contributed by atoms with Crippen LogP contribution in [-0.4, -0.2) is 60.0 Å². The summed E-state index contributed by atoms with van der Waals surface area (Å²) < 4.78 is 16.4. The Hall–Kier alpha value is -4.77. The SMILES string of the molecule is CCOC(=O)c1ccc(-c2ccc(/C=N\Nc3nc(Nc4ccccc4)nc(N4CCOCC4)n3)o2)cc1. The van der Waals surface area contributed by atoms with E-state index in [9.17, 15) is 4.79 Å². The molecule has 0 bridgehead atoms. The Morgan fingerprint density at radius 1 is 1.00 bits per heavy atom. The number of morpholine rings is 1. The molecule has 0 unspecified atom stereocenters. The number of benzene rings is 2. The summed E-state index contributed by atoms with van der Waals surface area (Å²) in [6.07, 6.45) is 1.54. The molecule has 0 aliphatic carbocycles. The molecular formula is C27H27N7O4. The molecular weight excluding hydrogens is 486 g/mol. The van der Waals surface area contributed by atoms with Gasteiger partial charge in [-0.3, -0.25) is 0 Å². The molecule has 0 spiro atoms. The van der Waals surface area contributed by atoms with Crippen LogP contribution in [0.25, 0.3) is 11.3 Å². The first-order valence-electron chi connectivity index (χ1n) is 12.3. The number of furan rings is 1. The van der Waals surface area contributed by atoms with Crippen molar-refractivity contribution in [3.63, 3.8) is 0 Å². The number of carbonyl (C=O) groups is 1. The van der Waals surface area contributed by atoms with Crippen LogP contribution in [0.3, 0.4) is 0 Å². The Bertz CT molecular complexity index is 1380. The number of nitrogens with zero attached hydrogens (tertiary/aromatic N) is 5. The Balaban J connectivity index is 1.29. The van der Waals surface area contributed by atoms with E-state index in [1.165, 1.54) is 0 Å². The first-order chi connectivity index (χ1) is 18.7. The number of esters is 1. The number of hydrogen-bond donors (Lipinski definition) is 2. The Morgan fingerprint density at radius 2 is 1.76 bits per heavy atom. The summed E-state index contributed by atoms with van der Waals surface area (Å²) in [6, 6.07) is 20.3. The Labute approximate surface area is 219 Å². The molecule has 194 valence electrons. The highest BCUT2D eigenvalue weighted by molar-refractivity contribution is 5.90. The molecule has 1 fully saturated rings. The number of ether oxygens (including phenoxy) is 2. The first-order valence-corrected chi connectivity index (χ1v) is 12.3. The van der Waals surface area contributed by atoms with Gasteiger partial charge in [0.05, 0.1) is 31.6 Å². The number of carbonyl (C=O) groups excluding carboxylic acids is 1. The molecule has 4 aromatic rings. The summed E-state index contributed by atoms with van der Waals surface area (Å²) in [5, 5.41) is 7.47. The van der Waals surface area contributed by atoms with E-state index in [-0.39, 0.29) is 11.9 Å². The zero-order valence-corrected chi connectivity index (χ0v) is 20.8. The normalized spacial score (nSPS) is 13.4. The number of anilines is 4. The molecule has 11 heteroatoms. The third-order valence-electron chi connectivity index (χ3n) is 5.61. The van der Waals surface area contributed by atoms with E-state index in [4.69, 9.17) is 13.9 Å². The highest BCUT2D eigenvalue weighted by Gasteiger charge is 2.17. The van der Waals surface area contributed by atoms with E-state index in [1.54, 1.807) is 31.3 Å². The van der Waals surface area contributed by atoms with E-state index in [2.05, 4.69) is 30.8 Å². The van der Waals surface area contributed by atoms with Crippen molar-refractivity contribution in [1.82, 2.24) is 15.0 Å². The van der Waals surface area contributed by atoms with Gasteiger partial charge in [0.25, 0.3) is 0 Å². The van der Waals surface area contributed by atoms with Gasteiger partial charge < -0.3 is 24.1 Å². The number of hydrogen-bond acceptors (Lipinski definition) is 11. The average Bonchev–Trinajstić information content (AvgIpc) is 3.43. The molecule has 2 aromatic carbocycles. The largest absolute Gasteiger partial charge is 0.462 e. The van der Waals surface area contributed by atoms with Crippen molar-refractivity contribution < 1.29 is 18.7 Å². The van der Waals surface area contributed by atoms with Crippen molar-refractivity contribution in [3.05, 3.63) is 78.1 Å². The minimum absolute atomic E-state index is 0.289. The molecule has 0 atom stereocenters. The molecule has 1 aliphatic heterocycles. The van der Waals surface area contributed by atoms with Gasteiger partial charge in [-0.1, -0.05) is 30.3 Å². The number of para-hydroxylation sites is 1. The third-order valence-corrected chi connectivity index (χ3v) is 5.61. The van der Waals surface area contributed by atoms with Gasteiger partial charge in [0, 0.05) is 24.3 Å².